The number of rotatable bonds is 3. The summed E-state index contributed by atoms with van der Waals surface area (Å²) in [6, 6.07) is 6.83. The molecule has 0 aromatic heterocycles. The van der Waals surface area contributed by atoms with E-state index in [0.29, 0.717) is 5.92 Å². The van der Waals surface area contributed by atoms with E-state index in [9.17, 15) is 0 Å². The SMILES string of the molecule is CCc1ccc(C)cc1SC1=CC(C)=C(C)CC1C. The van der Waals surface area contributed by atoms with Crippen molar-refractivity contribution >= 4 is 11.8 Å². The highest BCUT2D eigenvalue weighted by Crippen LogP contribution is 2.40. The molecule has 0 N–H and O–H groups in total. The molecular formula is C18H24S. The molecule has 0 spiro atoms. The third kappa shape index (κ3) is 3.33. The van der Waals surface area contributed by atoms with E-state index in [1.165, 1.54) is 38.5 Å². The lowest BCUT2D eigenvalue weighted by Crippen LogP contribution is -2.04. The van der Waals surface area contributed by atoms with Crippen LogP contribution in [0.25, 0.3) is 0 Å². The molecule has 1 unspecified atom stereocenters. The van der Waals surface area contributed by atoms with Crippen LogP contribution in [0.4, 0.5) is 0 Å². The minimum atomic E-state index is 0.652. The highest BCUT2D eigenvalue weighted by Gasteiger charge is 2.17. The fourth-order valence-corrected chi connectivity index (χ4v) is 3.87. The Kier molecular flexibility index (Phi) is 4.57. The molecule has 0 fully saturated rings. The Morgan fingerprint density at radius 2 is 1.95 bits per heavy atom. The van der Waals surface area contributed by atoms with Crippen LogP contribution < -0.4 is 0 Å². The van der Waals surface area contributed by atoms with Crippen LogP contribution >= 0.6 is 11.8 Å². The molecule has 19 heavy (non-hydrogen) atoms. The minimum Gasteiger partial charge on any atom is -0.0940 e. The predicted molar refractivity (Wildman–Crippen MR) is 86.7 cm³/mol. The standard InChI is InChI=1S/C18H24S/c1-6-16-8-7-12(2)9-18(16)19-17-11-14(4)13(3)10-15(17)5/h7-9,11,15H,6,10H2,1-5H3. The highest BCUT2D eigenvalue weighted by molar-refractivity contribution is 8.03. The fourth-order valence-electron chi connectivity index (χ4n) is 2.51. The summed E-state index contributed by atoms with van der Waals surface area (Å²) in [6.45, 7) is 11.3. The molecule has 0 amide bonds. The van der Waals surface area contributed by atoms with Crippen molar-refractivity contribution in [2.75, 3.05) is 0 Å². The molecule has 102 valence electrons. The Labute approximate surface area is 122 Å². The van der Waals surface area contributed by atoms with Crippen LogP contribution in [-0.4, -0.2) is 0 Å². The second-order valence-corrected chi connectivity index (χ2v) is 6.80. The Morgan fingerprint density at radius 3 is 2.63 bits per heavy atom. The fraction of sp³-hybridized carbons (Fsp3) is 0.444. The summed E-state index contributed by atoms with van der Waals surface area (Å²) < 4.78 is 0. The quantitative estimate of drug-likeness (QED) is 0.659. The summed E-state index contributed by atoms with van der Waals surface area (Å²) in [6.07, 6.45) is 4.70. The second kappa shape index (κ2) is 6.00. The Balaban J connectivity index is 2.31. The average molecular weight is 272 g/mol. The van der Waals surface area contributed by atoms with Crippen LogP contribution in [-0.2, 0) is 6.42 Å². The monoisotopic (exact) mass is 272 g/mol. The summed E-state index contributed by atoms with van der Waals surface area (Å²) >= 11 is 1.97. The zero-order valence-corrected chi connectivity index (χ0v) is 13.5. The predicted octanol–water partition coefficient (Wildman–Crippen LogP) is 5.91. The molecule has 0 heterocycles. The molecule has 1 atom stereocenters. The van der Waals surface area contributed by atoms with Gasteiger partial charge in [-0.3, -0.25) is 0 Å². The zero-order valence-electron chi connectivity index (χ0n) is 12.7. The molecule has 1 aliphatic rings. The van der Waals surface area contributed by atoms with Crippen LogP contribution in [0, 0.1) is 12.8 Å². The van der Waals surface area contributed by atoms with Crippen LogP contribution in [0.15, 0.2) is 45.2 Å². The van der Waals surface area contributed by atoms with Gasteiger partial charge in [0.2, 0.25) is 0 Å². The van der Waals surface area contributed by atoms with Crippen molar-refractivity contribution in [3.8, 4) is 0 Å². The molecular weight excluding hydrogens is 248 g/mol. The van der Waals surface area contributed by atoms with Gasteiger partial charge < -0.3 is 0 Å². The van der Waals surface area contributed by atoms with Crippen LogP contribution in [0.1, 0.15) is 45.2 Å². The van der Waals surface area contributed by atoms with E-state index in [2.05, 4.69) is 58.9 Å². The largest absolute Gasteiger partial charge is 0.0940 e. The van der Waals surface area contributed by atoms with Crippen molar-refractivity contribution in [1.29, 1.82) is 0 Å². The lowest BCUT2D eigenvalue weighted by molar-refractivity contribution is 0.688. The van der Waals surface area contributed by atoms with E-state index in [4.69, 9.17) is 0 Å². The maximum Gasteiger partial charge on any atom is 0.0153 e. The molecule has 0 saturated heterocycles. The summed E-state index contributed by atoms with van der Waals surface area (Å²) in [4.78, 5) is 2.95. The molecule has 1 aliphatic carbocycles. The lowest BCUT2D eigenvalue weighted by Gasteiger charge is -2.23. The van der Waals surface area contributed by atoms with Crippen molar-refractivity contribution in [1.82, 2.24) is 0 Å². The highest BCUT2D eigenvalue weighted by atomic mass is 32.2. The third-order valence-electron chi connectivity index (χ3n) is 3.96. The van der Waals surface area contributed by atoms with E-state index in [1.807, 2.05) is 11.8 Å². The second-order valence-electron chi connectivity index (χ2n) is 5.68. The van der Waals surface area contributed by atoms with Crippen molar-refractivity contribution in [3.05, 3.63) is 51.5 Å². The summed E-state index contributed by atoms with van der Waals surface area (Å²) in [7, 11) is 0. The number of allylic oxidation sites excluding steroid dienone is 4. The maximum absolute atomic E-state index is 2.38. The van der Waals surface area contributed by atoms with Gasteiger partial charge in [-0.25, -0.2) is 0 Å². The van der Waals surface area contributed by atoms with Crippen LogP contribution in [0.5, 0.6) is 0 Å². The Hall–Kier alpha value is -0.950. The molecule has 2 rings (SSSR count). The molecule has 0 bridgehead atoms. The van der Waals surface area contributed by atoms with Crippen LogP contribution in [0.3, 0.4) is 0 Å². The number of hydrogen-bond acceptors (Lipinski definition) is 1. The Bertz CT molecular complexity index is 535. The molecule has 1 heteroatoms. The summed E-state index contributed by atoms with van der Waals surface area (Å²) in [5.74, 6) is 0.652. The van der Waals surface area contributed by atoms with E-state index in [1.54, 1.807) is 0 Å². The maximum atomic E-state index is 2.38. The number of benzene rings is 1. The van der Waals surface area contributed by atoms with E-state index >= 15 is 0 Å². The van der Waals surface area contributed by atoms with Gasteiger partial charge in [-0.1, -0.05) is 48.9 Å². The molecule has 1 aromatic carbocycles. The van der Waals surface area contributed by atoms with E-state index in [-0.39, 0.29) is 0 Å². The number of hydrogen-bond donors (Lipinski definition) is 0. The normalized spacial score (nSPS) is 19.6. The van der Waals surface area contributed by atoms with Gasteiger partial charge in [0.05, 0.1) is 0 Å². The van der Waals surface area contributed by atoms with Gasteiger partial charge in [0, 0.05) is 4.90 Å². The first-order valence-corrected chi connectivity index (χ1v) is 7.98. The summed E-state index contributed by atoms with van der Waals surface area (Å²) in [5, 5.41) is 0. The van der Waals surface area contributed by atoms with Gasteiger partial charge in [0.15, 0.2) is 0 Å². The van der Waals surface area contributed by atoms with Gasteiger partial charge in [-0.2, -0.15) is 0 Å². The van der Waals surface area contributed by atoms with Crippen molar-refractivity contribution < 1.29 is 0 Å². The minimum absolute atomic E-state index is 0.652. The van der Waals surface area contributed by atoms with E-state index < -0.39 is 0 Å². The molecule has 0 nitrogen and oxygen atoms in total. The average Bonchev–Trinajstić information content (AvgIpc) is 2.36. The third-order valence-corrected chi connectivity index (χ3v) is 5.32. The topological polar surface area (TPSA) is 0 Å². The number of aryl methyl sites for hydroxylation is 2. The first kappa shape index (κ1) is 14.5. The van der Waals surface area contributed by atoms with Gasteiger partial charge in [0.1, 0.15) is 0 Å². The van der Waals surface area contributed by atoms with Gasteiger partial charge in [0.25, 0.3) is 0 Å². The molecule has 0 saturated carbocycles. The Morgan fingerprint density at radius 1 is 1.21 bits per heavy atom. The van der Waals surface area contributed by atoms with Crippen molar-refractivity contribution in [2.45, 2.75) is 52.4 Å². The molecule has 0 aliphatic heterocycles. The van der Waals surface area contributed by atoms with Crippen molar-refractivity contribution in [3.63, 3.8) is 0 Å². The molecule has 0 radical (unpaired) electrons. The van der Waals surface area contributed by atoms with Gasteiger partial charge >= 0.3 is 0 Å². The molecule has 1 aromatic rings. The zero-order chi connectivity index (χ0) is 14.0. The summed E-state index contributed by atoms with van der Waals surface area (Å²) in [5.41, 5.74) is 5.81. The van der Waals surface area contributed by atoms with Crippen molar-refractivity contribution in [2.24, 2.45) is 5.92 Å². The number of thioether (sulfide) groups is 1. The lowest BCUT2D eigenvalue weighted by atomic mass is 9.92. The van der Waals surface area contributed by atoms with Gasteiger partial charge in [-0.05, 0) is 67.7 Å². The smallest absolute Gasteiger partial charge is 0.0153 e. The van der Waals surface area contributed by atoms with Gasteiger partial charge in [-0.15, -0.1) is 0 Å². The van der Waals surface area contributed by atoms with Crippen LogP contribution in [0.2, 0.25) is 0 Å². The van der Waals surface area contributed by atoms with E-state index in [0.717, 1.165) is 6.42 Å². The first-order chi connectivity index (χ1) is 9.01. The first-order valence-electron chi connectivity index (χ1n) is 7.16.